The van der Waals surface area contributed by atoms with Gasteiger partial charge in [0.05, 0.1) is 24.6 Å². The molecule has 0 saturated heterocycles. The van der Waals surface area contributed by atoms with Crippen LogP contribution in [-0.4, -0.2) is 30.3 Å². The van der Waals surface area contributed by atoms with Gasteiger partial charge in [-0.2, -0.15) is 10.2 Å². The van der Waals surface area contributed by atoms with Crippen LogP contribution in [-0.2, 0) is 6.54 Å². The van der Waals surface area contributed by atoms with Crippen molar-refractivity contribution in [1.29, 1.82) is 0 Å². The molecule has 0 aliphatic rings. The van der Waals surface area contributed by atoms with Gasteiger partial charge < -0.3 is 5.32 Å². The van der Waals surface area contributed by atoms with E-state index >= 15 is 0 Å². The summed E-state index contributed by atoms with van der Waals surface area (Å²) in [5.41, 5.74) is 4.35. The first-order valence-corrected chi connectivity index (χ1v) is 8.77. The lowest BCUT2D eigenvalue weighted by Crippen LogP contribution is -2.12. The van der Waals surface area contributed by atoms with Crippen molar-refractivity contribution >= 4 is 28.8 Å². The highest BCUT2D eigenvalue weighted by molar-refractivity contribution is 6.30. The number of rotatable bonds is 4. The van der Waals surface area contributed by atoms with Crippen molar-refractivity contribution in [3.05, 3.63) is 76.5 Å². The zero-order chi connectivity index (χ0) is 19.0. The minimum Gasteiger partial charge on any atom is -0.319 e. The fraction of sp³-hybridized carbons (Fsp3) is 0.158. The first kappa shape index (κ1) is 17.2. The number of fused-ring (bicyclic) bond motifs is 1. The molecule has 27 heavy (non-hydrogen) atoms. The SMILES string of the molecule is Cc1cc(C)n2ncc(C(=O)Nc3cnn(Cc4cccc(Cl)c4)c3)c2n1. The Labute approximate surface area is 160 Å². The van der Waals surface area contributed by atoms with E-state index in [4.69, 9.17) is 11.6 Å². The van der Waals surface area contributed by atoms with Crippen LogP contribution in [0.1, 0.15) is 27.3 Å². The maximum absolute atomic E-state index is 12.7. The Balaban J connectivity index is 1.53. The van der Waals surface area contributed by atoms with Gasteiger partial charge in [-0.3, -0.25) is 9.48 Å². The van der Waals surface area contributed by atoms with Crippen LogP contribution >= 0.6 is 11.6 Å². The summed E-state index contributed by atoms with van der Waals surface area (Å²) >= 11 is 6.01. The van der Waals surface area contributed by atoms with E-state index in [1.165, 1.54) is 6.20 Å². The van der Waals surface area contributed by atoms with Crippen molar-refractivity contribution < 1.29 is 4.79 Å². The van der Waals surface area contributed by atoms with Gasteiger partial charge in [0, 0.05) is 22.6 Å². The number of hydrogen-bond donors (Lipinski definition) is 1. The number of aryl methyl sites for hydroxylation is 2. The Bertz CT molecular complexity index is 1150. The van der Waals surface area contributed by atoms with Gasteiger partial charge in [-0.1, -0.05) is 23.7 Å². The second-order valence-electron chi connectivity index (χ2n) is 6.34. The van der Waals surface area contributed by atoms with Gasteiger partial charge in [0.25, 0.3) is 5.91 Å². The molecule has 0 spiro atoms. The summed E-state index contributed by atoms with van der Waals surface area (Å²) in [5, 5.41) is 12.1. The Morgan fingerprint density at radius 2 is 2.04 bits per heavy atom. The summed E-state index contributed by atoms with van der Waals surface area (Å²) in [6.07, 6.45) is 4.91. The smallest absolute Gasteiger partial charge is 0.261 e. The zero-order valence-corrected chi connectivity index (χ0v) is 15.6. The van der Waals surface area contributed by atoms with E-state index in [9.17, 15) is 4.79 Å². The molecule has 0 unspecified atom stereocenters. The molecule has 0 radical (unpaired) electrons. The molecule has 3 aromatic heterocycles. The Morgan fingerprint density at radius 1 is 1.19 bits per heavy atom. The Morgan fingerprint density at radius 3 is 2.85 bits per heavy atom. The van der Waals surface area contributed by atoms with Crippen LogP contribution in [0.4, 0.5) is 5.69 Å². The van der Waals surface area contributed by atoms with Crippen LogP contribution in [0.3, 0.4) is 0 Å². The van der Waals surface area contributed by atoms with Gasteiger partial charge in [0.15, 0.2) is 5.65 Å². The number of halogens is 1. The average Bonchev–Trinajstić information content (AvgIpc) is 3.22. The van der Waals surface area contributed by atoms with E-state index in [2.05, 4.69) is 20.5 Å². The van der Waals surface area contributed by atoms with Crippen LogP contribution in [0.25, 0.3) is 5.65 Å². The maximum atomic E-state index is 12.7. The third-order valence-electron chi connectivity index (χ3n) is 4.15. The van der Waals surface area contributed by atoms with E-state index in [1.807, 2.05) is 44.2 Å². The number of nitrogens with zero attached hydrogens (tertiary/aromatic N) is 5. The quantitative estimate of drug-likeness (QED) is 0.587. The first-order valence-electron chi connectivity index (χ1n) is 8.40. The number of carbonyl (C=O) groups is 1. The molecule has 1 aromatic carbocycles. The number of amides is 1. The van der Waals surface area contributed by atoms with Crippen LogP contribution in [0.5, 0.6) is 0 Å². The second kappa shape index (κ2) is 6.85. The summed E-state index contributed by atoms with van der Waals surface area (Å²) in [5.74, 6) is -0.273. The minimum absolute atomic E-state index is 0.273. The molecule has 0 atom stereocenters. The molecular formula is C19H17ClN6O. The Hall–Kier alpha value is -3.19. The van der Waals surface area contributed by atoms with Crippen molar-refractivity contribution in [3.8, 4) is 0 Å². The molecule has 1 amide bonds. The van der Waals surface area contributed by atoms with Gasteiger partial charge in [0.2, 0.25) is 0 Å². The first-order chi connectivity index (χ1) is 13.0. The van der Waals surface area contributed by atoms with Gasteiger partial charge in [0.1, 0.15) is 5.56 Å². The fourth-order valence-corrected chi connectivity index (χ4v) is 3.18. The van der Waals surface area contributed by atoms with Crippen LogP contribution < -0.4 is 5.32 Å². The number of carbonyl (C=O) groups excluding carboxylic acids is 1. The van der Waals surface area contributed by atoms with Gasteiger partial charge in [-0.15, -0.1) is 0 Å². The summed E-state index contributed by atoms with van der Waals surface area (Å²) in [7, 11) is 0. The van der Waals surface area contributed by atoms with Crippen molar-refractivity contribution in [2.24, 2.45) is 0 Å². The highest BCUT2D eigenvalue weighted by atomic mass is 35.5. The van der Waals surface area contributed by atoms with E-state index in [-0.39, 0.29) is 5.91 Å². The molecule has 7 nitrogen and oxygen atoms in total. The molecule has 0 aliphatic carbocycles. The molecule has 0 saturated carbocycles. The molecule has 4 rings (SSSR count). The molecule has 3 heterocycles. The van der Waals surface area contributed by atoms with Crippen molar-refractivity contribution in [2.75, 3.05) is 5.32 Å². The number of nitrogens with one attached hydrogen (secondary N) is 1. The van der Waals surface area contributed by atoms with Crippen molar-refractivity contribution in [3.63, 3.8) is 0 Å². The molecule has 136 valence electrons. The maximum Gasteiger partial charge on any atom is 0.261 e. The lowest BCUT2D eigenvalue weighted by atomic mass is 10.2. The van der Waals surface area contributed by atoms with Gasteiger partial charge in [-0.05, 0) is 37.6 Å². The molecule has 0 aliphatic heterocycles. The normalized spacial score (nSPS) is 11.1. The largest absolute Gasteiger partial charge is 0.319 e. The predicted molar refractivity (Wildman–Crippen MR) is 103 cm³/mol. The molecule has 8 heteroatoms. The van der Waals surface area contributed by atoms with Crippen LogP contribution in [0.15, 0.2) is 48.9 Å². The second-order valence-corrected chi connectivity index (χ2v) is 6.78. The summed E-state index contributed by atoms with van der Waals surface area (Å²) in [4.78, 5) is 17.1. The van der Waals surface area contributed by atoms with E-state index < -0.39 is 0 Å². The molecule has 4 aromatic rings. The van der Waals surface area contributed by atoms with E-state index in [0.717, 1.165) is 17.0 Å². The number of anilines is 1. The minimum atomic E-state index is -0.273. The number of benzene rings is 1. The molecule has 0 bridgehead atoms. The standard InChI is InChI=1S/C19H17ClN6O/c1-12-6-13(2)26-18(23-12)17(9-22-26)19(27)24-16-8-21-25(11-16)10-14-4-3-5-15(20)7-14/h3-9,11H,10H2,1-2H3,(H,24,27). The number of aromatic nitrogens is 5. The Kier molecular flexibility index (Phi) is 4.37. The molecule has 1 N–H and O–H groups in total. The third kappa shape index (κ3) is 3.54. The van der Waals surface area contributed by atoms with Gasteiger partial charge in [-0.25, -0.2) is 9.50 Å². The lowest BCUT2D eigenvalue weighted by Gasteiger charge is -2.04. The van der Waals surface area contributed by atoms with E-state index in [0.29, 0.717) is 28.5 Å². The lowest BCUT2D eigenvalue weighted by molar-refractivity contribution is 0.102. The number of hydrogen-bond acceptors (Lipinski definition) is 4. The predicted octanol–water partition coefficient (Wildman–Crippen LogP) is 3.50. The molecule has 0 fully saturated rings. The third-order valence-corrected chi connectivity index (χ3v) is 4.38. The summed E-state index contributed by atoms with van der Waals surface area (Å²) < 4.78 is 3.40. The summed E-state index contributed by atoms with van der Waals surface area (Å²) in [6.45, 7) is 4.38. The topological polar surface area (TPSA) is 77.1 Å². The average molecular weight is 381 g/mol. The monoisotopic (exact) mass is 380 g/mol. The van der Waals surface area contributed by atoms with Crippen LogP contribution in [0, 0.1) is 13.8 Å². The molecular weight excluding hydrogens is 364 g/mol. The highest BCUT2D eigenvalue weighted by Gasteiger charge is 2.16. The van der Waals surface area contributed by atoms with Crippen molar-refractivity contribution in [1.82, 2.24) is 24.4 Å². The highest BCUT2D eigenvalue weighted by Crippen LogP contribution is 2.16. The van der Waals surface area contributed by atoms with E-state index in [1.54, 1.807) is 21.6 Å². The fourth-order valence-electron chi connectivity index (χ4n) is 2.97. The van der Waals surface area contributed by atoms with Crippen LogP contribution in [0.2, 0.25) is 5.02 Å². The van der Waals surface area contributed by atoms with Gasteiger partial charge >= 0.3 is 0 Å². The zero-order valence-electron chi connectivity index (χ0n) is 14.8. The van der Waals surface area contributed by atoms with Crippen molar-refractivity contribution in [2.45, 2.75) is 20.4 Å². The summed E-state index contributed by atoms with van der Waals surface area (Å²) in [6, 6.07) is 9.50.